The maximum atomic E-state index is 13.2. The molecule has 0 aliphatic carbocycles. The largest absolute Gasteiger partial charge is 0.393 e. The predicted octanol–water partition coefficient (Wildman–Crippen LogP) is 2.67. The van der Waals surface area contributed by atoms with Gasteiger partial charge in [-0.15, -0.1) is 12.3 Å². The zero-order valence-corrected chi connectivity index (χ0v) is 8.92. The molecular formula is C13H14F2O. The second-order valence-corrected chi connectivity index (χ2v) is 3.65. The van der Waals surface area contributed by atoms with Gasteiger partial charge < -0.3 is 5.11 Å². The molecule has 0 radical (unpaired) electrons. The van der Waals surface area contributed by atoms with Crippen LogP contribution < -0.4 is 0 Å². The van der Waals surface area contributed by atoms with Gasteiger partial charge in [0.2, 0.25) is 0 Å². The highest BCUT2D eigenvalue weighted by Gasteiger charge is 2.13. The molecule has 0 aromatic heterocycles. The van der Waals surface area contributed by atoms with E-state index in [0.29, 0.717) is 19.3 Å². The molecule has 1 N–H and O–H groups in total. The van der Waals surface area contributed by atoms with Crippen LogP contribution >= 0.6 is 0 Å². The van der Waals surface area contributed by atoms with Gasteiger partial charge in [0, 0.05) is 18.4 Å². The highest BCUT2D eigenvalue weighted by molar-refractivity contribution is 5.20. The molecule has 0 aliphatic rings. The molecule has 0 spiro atoms. The quantitative estimate of drug-likeness (QED) is 0.602. The van der Waals surface area contributed by atoms with Crippen LogP contribution in [0.2, 0.25) is 0 Å². The van der Waals surface area contributed by atoms with Crippen LogP contribution in [0.25, 0.3) is 0 Å². The van der Waals surface area contributed by atoms with Gasteiger partial charge in [0.15, 0.2) is 0 Å². The lowest BCUT2D eigenvalue weighted by Crippen LogP contribution is -2.12. The summed E-state index contributed by atoms with van der Waals surface area (Å²) in [5, 5.41) is 9.58. The molecule has 1 aromatic carbocycles. The fraction of sp³-hybridized carbons (Fsp3) is 0.385. The van der Waals surface area contributed by atoms with Gasteiger partial charge in [-0.1, -0.05) is 6.07 Å². The first-order valence-electron chi connectivity index (χ1n) is 5.19. The zero-order valence-electron chi connectivity index (χ0n) is 8.92. The van der Waals surface area contributed by atoms with Crippen molar-refractivity contribution in [3.05, 3.63) is 35.4 Å². The third-order valence-corrected chi connectivity index (χ3v) is 2.36. The van der Waals surface area contributed by atoms with Crippen LogP contribution in [0.5, 0.6) is 0 Å². The van der Waals surface area contributed by atoms with Crippen LogP contribution in [0.4, 0.5) is 8.78 Å². The molecule has 1 atom stereocenters. The molecule has 1 nitrogen and oxygen atoms in total. The van der Waals surface area contributed by atoms with Crippen molar-refractivity contribution >= 4 is 0 Å². The summed E-state index contributed by atoms with van der Waals surface area (Å²) in [6, 6.07) is 3.68. The SMILES string of the molecule is C#CCCCC(O)Cc1c(F)cccc1F. The van der Waals surface area contributed by atoms with Crippen molar-refractivity contribution in [2.24, 2.45) is 0 Å². The summed E-state index contributed by atoms with van der Waals surface area (Å²) in [4.78, 5) is 0. The van der Waals surface area contributed by atoms with Gasteiger partial charge in [-0.3, -0.25) is 0 Å². The van der Waals surface area contributed by atoms with Gasteiger partial charge in [-0.2, -0.15) is 0 Å². The maximum absolute atomic E-state index is 13.2. The lowest BCUT2D eigenvalue weighted by atomic mass is 10.0. The molecule has 1 unspecified atom stereocenters. The number of hydrogen-bond acceptors (Lipinski definition) is 1. The van der Waals surface area contributed by atoms with E-state index in [1.807, 2.05) is 0 Å². The van der Waals surface area contributed by atoms with Crippen molar-refractivity contribution in [3.63, 3.8) is 0 Å². The third-order valence-electron chi connectivity index (χ3n) is 2.36. The first-order chi connectivity index (χ1) is 7.65. The zero-order chi connectivity index (χ0) is 12.0. The van der Waals surface area contributed by atoms with Crippen LogP contribution in [-0.2, 0) is 6.42 Å². The van der Waals surface area contributed by atoms with Gasteiger partial charge in [-0.25, -0.2) is 8.78 Å². The number of halogens is 2. The summed E-state index contributed by atoms with van der Waals surface area (Å²) in [6.45, 7) is 0. The molecule has 0 aliphatic heterocycles. The van der Waals surface area contributed by atoms with Crippen molar-refractivity contribution < 1.29 is 13.9 Å². The number of hydrogen-bond donors (Lipinski definition) is 1. The summed E-state index contributed by atoms with van der Waals surface area (Å²) >= 11 is 0. The Labute approximate surface area is 94.1 Å². The molecule has 0 saturated carbocycles. The number of aliphatic hydroxyl groups is 1. The van der Waals surface area contributed by atoms with Crippen LogP contribution in [0.1, 0.15) is 24.8 Å². The first kappa shape index (κ1) is 12.7. The standard InChI is InChI=1S/C13H14F2O/c1-2-3-4-6-10(16)9-11-12(14)7-5-8-13(11)15/h1,5,7-8,10,16H,3-4,6,9H2. The van der Waals surface area contributed by atoms with E-state index in [0.717, 1.165) is 0 Å². The molecule has 16 heavy (non-hydrogen) atoms. The molecule has 0 bridgehead atoms. The fourth-order valence-corrected chi connectivity index (χ4v) is 1.50. The molecule has 86 valence electrons. The topological polar surface area (TPSA) is 20.2 Å². The minimum Gasteiger partial charge on any atom is -0.393 e. The van der Waals surface area contributed by atoms with Gasteiger partial charge in [0.05, 0.1) is 6.10 Å². The Hall–Kier alpha value is -1.40. The summed E-state index contributed by atoms with van der Waals surface area (Å²) in [5.74, 6) is 1.22. The fourth-order valence-electron chi connectivity index (χ4n) is 1.50. The van der Waals surface area contributed by atoms with E-state index in [4.69, 9.17) is 6.42 Å². The van der Waals surface area contributed by atoms with Crippen molar-refractivity contribution in [2.75, 3.05) is 0 Å². The lowest BCUT2D eigenvalue weighted by molar-refractivity contribution is 0.160. The Morgan fingerprint density at radius 1 is 1.31 bits per heavy atom. The summed E-state index contributed by atoms with van der Waals surface area (Å²) < 4.78 is 26.4. The number of rotatable bonds is 5. The normalized spacial score (nSPS) is 12.1. The van der Waals surface area contributed by atoms with Gasteiger partial charge >= 0.3 is 0 Å². The van der Waals surface area contributed by atoms with Gasteiger partial charge in [0.25, 0.3) is 0 Å². The van der Waals surface area contributed by atoms with E-state index in [1.54, 1.807) is 0 Å². The predicted molar refractivity (Wildman–Crippen MR) is 58.8 cm³/mol. The number of unbranched alkanes of at least 4 members (excludes halogenated alkanes) is 1. The Bertz CT molecular complexity index is 362. The summed E-state index contributed by atoms with van der Waals surface area (Å²) in [6.07, 6.45) is 5.99. The van der Waals surface area contributed by atoms with Crippen molar-refractivity contribution in [2.45, 2.75) is 31.8 Å². The Kier molecular flexibility index (Phi) is 4.94. The maximum Gasteiger partial charge on any atom is 0.129 e. The molecule has 0 heterocycles. The molecule has 0 amide bonds. The molecule has 3 heteroatoms. The van der Waals surface area contributed by atoms with E-state index in [-0.39, 0.29) is 12.0 Å². The molecule has 1 aromatic rings. The number of aliphatic hydroxyl groups excluding tert-OH is 1. The Morgan fingerprint density at radius 2 is 1.94 bits per heavy atom. The average Bonchev–Trinajstić information content (AvgIpc) is 2.24. The van der Waals surface area contributed by atoms with Crippen LogP contribution in [0, 0.1) is 24.0 Å². The second kappa shape index (κ2) is 6.24. The van der Waals surface area contributed by atoms with E-state index in [2.05, 4.69) is 5.92 Å². The number of terminal acetylenes is 1. The van der Waals surface area contributed by atoms with E-state index >= 15 is 0 Å². The highest BCUT2D eigenvalue weighted by Crippen LogP contribution is 2.16. The minimum atomic E-state index is -0.750. The van der Waals surface area contributed by atoms with Gasteiger partial charge in [0.1, 0.15) is 11.6 Å². The van der Waals surface area contributed by atoms with Gasteiger partial charge in [-0.05, 0) is 25.0 Å². The van der Waals surface area contributed by atoms with Crippen molar-refractivity contribution in [1.82, 2.24) is 0 Å². The Morgan fingerprint density at radius 3 is 2.50 bits per heavy atom. The van der Waals surface area contributed by atoms with E-state index in [1.165, 1.54) is 18.2 Å². The summed E-state index contributed by atoms with van der Waals surface area (Å²) in [5.41, 5.74) is -0.0595. The van der Waals surface area contributed by atoms with E-state index < -0.39 is 17.7 Å². The second-order valence-electron chi connectivity index (χ2n) is 3.65. The lowest BCUT2D eigenvalue weighted by Gasteiger charge is -2.11. The smallest absolute Gasteiger partial charge is 0.129 e. The summed E-state index contributed by atoms with van der Waals surface area (Å²) in [7, 11) is 0. The Balaban J connectivity index is 2.56. The molecule has 0 saturated heterocycles. The molecule has 1 rings (SSSR count). The van der Waals surface area contributed by atoms with E-state index in [9.17, 15) is 13.9 Å². The molecule has 0 fully saturated rings. The first-order valence-corrected chi connectivity index (χ1v) is 5.19. The van der Waals surface area contributed by atoms with Crippen LogP contribution in [0.15, 0.2) is 18.2 Å². The third kappa shape index (κ3) is 3.63. The van der Waals surface area contributed by atoms with Crippen molar-refractivity contribution in [1.29, 1.82) is 0 Å². The van der Waals surface area contributed by atoms with Crippen LogP contribution in [-0.4, -0.2) is 11.2 Å². The highest BCUT2D eigenvalue weighted by atomic mass is 19.1. The van der Waals surface area contributed by atoms with Crippen molar-refractivity contribution in [3.8, 4) is 12.3 Å². The minimum absolute atomic E-state index is 0.0108. The average molecular weight is 224 g/mol. The molecular weight excluding hydrogens is 210 g/mol. The monoisotopic (exact) mass is 224 g/mol. The number of benzene rings is 1. The van der Waals surface area contributed by atoms with Crippen LogP contribution in [0.3, 0.4) is 0 Å².